The minimum Gasteiger partial charge on any atom is -0.497 e. The van der Waals surface area contributed by atoms with Gasteiger partial charge >= 0.3 is 11.9 Å². The molecule has 0 aliphatic rings. The van der Waals surface area contributed by atoms with Crippen molar-refractivity contribution in [1.29, 1.82) is 0 Å². The van der Waals surface area contributed by atoms with Gasteiger partial charge in [0.15, 0.2) is 6.10 Å². The van der Waals surface area contributed by atoms with E-state index in [2.05, 4.69) is 9.71 Å². The van der Waals surface area contributed by atoms with E-state index in [0.717, 1.165) is 0 Å². The molecule has 2 atom stereocenters. The zero-order valence-electron chi connectivity index (χ0n) is 18.6. The van der Waals surface area contributed by atoms with Crippen LogP contribution in [0, 0.1) is 13.8 Å². The Balaban J connectivity index is 2.09. The molecule has 0 radical (unpaired) electrons. The number of H-pyrrole nitrogens is 1. The quantitative estimate of drug-likeness (QED) is 0.422. The van der Waals surface area contributed by atoms with Gasteiger partial charge in [0.25, 0.3) is 0 Å². The number of sulfonamides is 1. The van der Waals surface area contributed by atoms with Crippen molar-refractivity contribution < 1.29 is 37.0 Å². The Morgan fingerprint density at radius 3 is 2.16 bits per heavy atom. The fraction of sp³-hybridized carbons (Fsp3) is 0.381. The number of carbonyl (C=O) groups is 3. The lowest BCUT2D eigenvalue weighted by Gasteiger charge is -2.17. The van der Waals surface area contributed by atoms with Crippen molar-refractivity contribution >= 4 is 27.7 Å². The van der Waals surface area contributed by atoms with Gasteiger partial charge in [0.1, 0.15) is 11.8 Å². The molecule has 2 aromatic rings. The molecule has 0 bridgehead atoms. The predicted octanol–water partition coefficient (Wildman–Crippen LogP) is 1.91. The SMILES string of the molecule is COC(=O)c1c(C)[nH]c(C(=O)C(C)OC(=O)[C@H](C)NS(=O)(=O)c2ccc(OC)cc2)c1C. The maximum absolute atomic E-state index is 12.8. The highest BCUT2D eigenvalue weighted by atomic mass is 32.2. The molecule has 0 saturated carbocycles. The van der Waals surface area contributed by atoms with E-state index in [1.54, 1.807) is 13.8 Å². The number of carbonyl (C=O) groups excluding carboxylic acids is 3. The lowest BCUT2D eigenvalue weighted by Crippen LogP contribution is -2.41. The van der Waals surface area contributed by atoms with Gasteiger partial charge in [-0.2, -0.15) is 4.72 Å². The molecular formula is C21H26N2O8S. The number of rotatable bonds is 9. The third kappa shape index (κ3) is 5.35. The van der Waals surface area contributed by atoms with Crippen LogP contribution in [0.1, 0.15) is 46.0 Å². The van der Waals surface area contributed by atoms with Crippen LogP contribution in [0.3, 0.4) is 0 Å². The largest absolute Gasteiger partial charge is 0.497 e. The van der Waals surface area contributed by atoms with Gasteiger partial charge in [-0.05, 0) is 57.5 Å². The first-order valence-electron chi connectivity index (χ1n) is 9.61. The molecular weight excluding hydrogens is 440 g/mol. The first kappa shape index (κ1) is 25.1. The summed E-state index contributed by atoms with van der Waals surface area (Å²) in [4.78, 5) is 39.8. The van der Waals surface area contributed by atoms with Crippen molar-refractivity contribution in [3.63, 3.8) is 0 Å². The Hall–Kier alpha value is -3.18. The molecule has 10 nitrogen and oxygen atoms in total. The van der Waals surface area contributed by atoms with E-state index in [-0.39, 0.29) is 16.2 Å². The number of ketones is 1. The summed E-state index contributed by atoms with van der Waals surface area (Å²) < 4.78 is 42.1. The van der Waals surface area contributed by atoms with Crippen molar-refractivity contribution in [2.24, 2.45) is 0 Å². The average molecular weight is 467 g/mol. The Bertz CT molecular complexity index is 1120. The normalized spacial score (nSPS) is 13.2. The summed E-state index contributed by atoms with van der Waals surface area (Å²) in [6, 6.07) is 4.36. The van der Waals surface area contributed by atoms with Gasteiger partial charge in [-0.25, -0.2) is 13.2 Å². The number of nitrogens with one attached hydrogen (secondary N) is 2. The molecule has 2 N–H and O–H groups in total. The average Bonchev–Trinajstić information content (AvgIpc) is 3.05. The molecule has 2 rings (SSSR count). The lowest BCUT2D eigenvalue weighted by molar-refractivity contribution is -0.147. The molecule has 1 aromatic heterocycles. The van der Waals surface area contributed by atoms with Crippen LogP contribution < -0.4 is 9.46 Å². The molecule has 0 aliphatic heterocycles. The summed E-state index contributed by atoms with van der Waals surface area (Å²) in [7, 11) is -1.32. The summed E-state index contributed by atoms with van der Waals surface area (Å²) >= 11 is 0. The van der Waals surface area contributed by atoms with Crippen molar-refractivity contribution in [3.8, 4) is 5.75 Å². The molecule has 1 unspecified atom stereocenters. The second-order valence-corrected chi connectivity index (χ2v) is 8.79. The van der Waals surface area contributed by atoms with Crippen molar-refractivity contribution in [2.45, 2.75) is 44.7 Å². The number of hydrogen-bond acceptors (Lipinski definition) is 8. The van der Waals surface area contributed by atoms with Crippen LogP contribution in [0.15, 0.2) is 29.2 Å². The number of Topliss-reactive ketones (excluding diaryl/α,β-unsaturated/α-hetero) is 1. The van der Waals surface area contributed by atoms with Gasteiger partial charge in [-0.1, -0.05) is 0 Å². The first-order chi connectivity index (χ1) is 14.9. The lowest BCUT2D eigenvalue weighted by atomic mass is 10.1. The Morgan fingerprint density at radius 2 is 1.62 bits per heavy atom. The minimum absolute atomic E-state index is 0.0603. The summed E-state index contributed by atoms with van der Waals surface area (Å²) in [5, 5.41) is 0. The third-order valence-electron chi connectivity index (χ3n) is 4.79. The highest BCUT2D eigenvalue weighted by Crippen LogP contribution is 2.21. The topological polar surface area (TPSA) is 141 Å². The number of ether oxygens (including phenoxy) is 3. The van der Waals surface area contributed by atoms with Crippen LogP contribution in [0.5, 0.6) is 5.75 Å². The van der Waals surface area contributed by atoms with Crippen LogP contribution >= 0.6 is 0 Å². The van der Waals surface area contributed by atoms with Gasteiger partial charge in [-0.15, -0.1) is 0 Å². The van der Waals surface area contributed by atoms with E-state index >= 15 is 0 Å². The summed E-state index contributed by atoms with van der Waals surface area (Å²) in [6.07, 6.45) is -1.22. The van der Waals surface area contributed by atoms with Gasteiger partial charge < -0.3 is 19.2 Å². The van der Waals surface area contributed by atoms with E-state index in [9.17, 15) is 22.8 Å². The van der Waals surface area contributed by atoms with Crippen LogP contribution in [0.2, 0.25) is 0 Å². The first-order valence-corrected chi connectivity index (χ1v) is 11.1. The van der Waals surface area contributed by atoms with Crippen molar-refractivity contribution in [2.75, 3.05) is 14.2 Å². The molecule has 11 heteroatoms. The molecule has 174 valence electrons. The number of benzene rings is 1. The fourth-order valence-electron chi connectivity index (χ4n) is 3.04. The van der Waals surface area contributed by atoms with Gasteiger partial charge in [0.05, 0.1) is 30.4 Å². The number of hydrogen-bond donors (Lipinski definition) is 2. The smallest absolute Gasteiger partial charge is 0.339 e. The molecule has 1 aromatic carbocycles. The number of methoxy groups -OCH3 is 2. The minimum atomic E-state index is -4.01. The highest BCUT2D eigenvalue weighted by Gasteiger charge is 2.30. The summed E-state index contributed by atoms with van der Waals surface area (Å²) in [6.45, 7) is 5.85. The number of esters is 2. The summed E-state index contributed by atoms with van der Waals surface area (Å²) in [5.74, 6) is -1.62. The van der Waals surface area contributed by atoms with E-state index in [1.165, 1.54) is 52.3 Å². The van der Waals surface area contributed by atoms with Gasteiger partial charge in [-0.3, -0.25) is 9.59 Å². The molecule has 0 saturated heterocycles. The van der Waals surface area contributed by atoms with Gasteiger partial charge in [0.2, 0.25) is 15.8 Å². The maximum atomic E-state index is 12.8. The third-order valence-corrected chi connectivity index (χ3v) is 6.35. The van der Waals surface area contributed by atoms with Crippen molar-refractivity contribution in [1.82, 2.24) is 9.71 Å². The Kier molecular flexibility index (Phi) is 7.81. The van der Waals surface area contributed by atoms with Crippen LogP contribution in [0.25, 0.3) is 0 Å². The fourth-order valence-corrected chi connectivity index (χ4v) is 4.23. The molecule has 1 heterocycles. The molecule has 0 amide bonds. The predicted molar refractivity (Wildman–Crippen MR) is 114 cm³/mol. The van der Waals surface area contributed by atoms with E-state index < -0.39 is 39.9 Å². The van der Waals surface area contributed by atoms with Crippen molar-refractivity contribution in [3.05, 3.63) is 46.8 Å². The van der Waals surface area contributed by atoms with E-state index in [1.807, 2.05) is 0 Å². The van der Waals surface area contributed by atoms with E-state index in [0.29, 0.717) is 17.0 Å². The van der Waals surface area contributed by atoms with Crippen LogP contribution in [-0.4, -0.2) is 57.5 Å². The second-order valence-electron chi connectivity index (χ2n) is 7.08. The van der Waals surface area contributed by atoms with Crippen LogP contribution in [-0.2, 0) is 24.3 Å². The highest BCUT2D eigenvalue weighted by molar-refractivity contribution is 7.89. The Morgan fingerprint density at radius 1 is 1.03 bits per heavy atom. The molecule has 0 fully saturated rings. The number of aromatic amines is 1. The van der Waals surface area contributed by atoms with Gasteiger partial charge in [0, 0.05) is 5.69 Å². The van der Waals surface area contributed by atoms with Crippen LogP contribution in [0.4, 0.5) is 0 Å². The monoisotopic (exact) mass is 466 g/mol. The number of aryl methyl sites for hydroxylation is 1. The second kappa shape index (κ2) is 9.96. The maximum Gasteiger partial charge on any atom is 0.339 e. The zero-order chi connectivity index (χ0) is 24.2. The number of aromatic nitrogens is 1. The van der Waals surface area contributed by atoms with E-state index in [4.69, 9.17) is 14.2 Å². The summed E-state index contributed by atoms with van der Waals surface area (Å²) in [5.41, 5.74) is 1.15. The Labute approximate surface area is 186 Å². The zero-order valence-corrected chi connectivity index (χ0v) is 19.5. The molecule has 32 heavy (non-hydrogen) atoms. The molecule has 0 spiro atoms. The standard InChI is InChI=1S/C21H26N2O8S/c1-11-17(21(26)30-6)12(2)22-18(11)19(24)14(4)31-20(25)13(3)23-32(27,28)16-9-7-15(29-5)8-10-16/h7-10,13-14,22-23H,1-6H3/t13-,14?/m0/s1. The molecule has 0 aliphatic carbocycles.